The molecule has 2 heterocycles. The van der Waals surface area contributed by atoms with Gasteiger partial charge in [-0.05, 0) is 69.0 Å². The number of hydrogen-bond acceptors (Lipinski definition) is 4. The van der Waals surface area contributed by atoms with Gasteiger partial charge in [0.1, 0.15) is 11.6 Å². The number of carbonyl (C=O) groups is 1. The Morgan fingerprint density at radius 2 is 1.91 bits per heavy atom. The fourth-order valence-electron chi connectivity index (χ4n) is 3.95. The van der Waals surface area contributed by atoms with Gasteiger partial charge in [0.2, 0.25) is 5.91 Å². The van der Waals surface area contributed by atoms with Crippen LogP contribution in [0.25, 0.3) is 5.69 Å². The van der Waals surface area contributed by atoms with Gasteiger partial charge in [0, 0.05) is 24.4 Å². The topological polar surface area (TPSA) is 104 Å². The van der Waals surface area contributed by atoms with Crippen LogP contribution in [0.4, 0.5) is 13.2 Å². The minimum Gasteiger partial charge on any atom is -0.352 e. The van der Waals surface area contributed by atoms with Crippen LogP contribution < -0.4 is 10.9 Å². The van der Waals surface area contributed by atoms with E-state index in [0.29, 0.717) is 28.2 Å². The highest BCUT2D eigenvalue weighted by molar-refractivity contribution is 5.76. The molecule has 1 amide bonds. The van der Waals surface area contributed by atoms with Crippen LogP contribution in [0.15, 0.2) is 29.1 Å². The SMILES string of the molecule is Cc1cc(C)n(-c2ccc(CNC(=O)CCc3c(C)[nH]c(=O)c(C#N)c3C)c(C(F)(F)F)c2)n1. The average molecular weight is 471 g/mol. The number of benzene rings is 1. The summed E-state index contributed by atoms with van der Waals surface area (Å²) in [5.74, 6) is -0.445. The molecule has 2 N–H and O–H groups in total. The van der Waals surface area contributed by atoms with Crippen LogP contribution in [0.3, 0.4) is 0 Å². The molecule has 0 aliphatic rings. The number of nitrogens with one attached hydrogen (secondary N) is 2. The van der Waals surface area contributed by atoms with Crippen molar-refractivity contribution in [2.45, 2.75) is 53.3 Å². The zero-order valence-corrected chi connectivity index (χ0v) is 19.2. The maximum absolute atomic E-state index is 13.7. The molecule has 0 fully saturated rings. The molecule has 0 aliphatic heterocycles. The zero-order chi connectivity index (χ0) is 25.2. The third-order valence-corrected chi connectivity index (χ3v) is 5.65. The normalized spacial score (nSPS) is 11.4. The molecule has 0 radical (unpaired) electrons. The molecule has 3 rings (SSSR count). The zero-order valence-electron chi connectivity index (χ0n) is 19.2. The predicted octanol–water partition coefficient (Wildman–Crippen LogP) is 3.93. The highest BCUT2D eigenvalue weighted by Gasteiger charge is 2.34. The van der Waals surface area contributed by atoms with Crippen LogP contribution in [0.2, 0.25) is 0 Å². The molecule has 0 spiro atoms. The minimum absolute atomic E-state index is 0.0101. The van der Waals surface area contributed by atoms with E-state index in [0.717, 1.165) is 6.07 Å². The second kappa shape index (κ2) is 9.55. The lowest BCUT2D eigenvalue weighted by atomic mass is 9.99. The monoisotopic (exact) mass is 471 g/mol. The molecule has 3 aromatic rings. The summed E-state index contributed by atoms with van der Waals surface area (Å²) in [5.41, 5.74) is 1.98. The molecule has 10 heteroatoms. The van der Waals surface area contributed by atoms with Crippen molar-refractivity contribution in [3.63, 3.8) is 0 Å². The van der Waals surface area contributed by atoms with Crippen LogP contribution in [0.5, 0.6) is 0 Å². The number of H-pyrrole nitrogens is 1. The van der Waals surface area contributed by atoms with Gasteiger partial charge in [-0.15, -0.1) is 0 Å². The first-order valence-electron chi connectivity index (χ1n) is 10.5. The summed E-state index contributed by atoms with van der Waals surface area (Å²) in [6, 6.07) is 7.52. The molecular formula is C24H24F3N5O2. The first-order chi connectivity index (χ1) is 15.9. The minimum atomic E-state index is -4.61. The summed E-state index contributed by atoms with van der Waals surface area (Å²) < 4.78 is 42.7. The quantitative estimate of drug-likeness (QED) is 0.568. The van der Waals surface area contributed by atoms with Crippen molar-refractivity contribution in [2.24, 2.45) is 0 Å². The number of amides is 1. The van der Waals surface area contributed by atoms with E-state index in [2.05, 4.69) is 15.4 Å². The number of pyridine rings is 1. The van der Waals surface area contributed by atoms with E-state index in [1.807, 2.05) is 6.07 Å². The van der Waals surface area contributed by atoms with Crippen molar-refractivity contribution in [1.29, 1.82) is 5.26 Å². The van der Waals surface area contributed by atoms with E-state index < -0.39 is 23.2 Å². The fraction of sp³-hybridized carbons (Fsp3) is 0.333. The van der Waals surface area contributed by atoms with Crippen LogP contribution in [0.1, 0.15) is 51.3 Å². The summed E-state index contributed by atoms with van der Waals surface area (Å²) in [4.78, 5) is 26.8. The number of halogens is 3. The van der Waals surface area contributed by atoms with Crippen molar-refractivity contribution in [2.75, 3.05) is 0 Å². The van der Waals surface area contributed by atoms with Crippen molar-refractivity contribution < 1.29 is 18.0 Å². The Hall–Kier alpha value is -3.87. The first-order valence-corrected chi connectivity index (χ1v) is 10.5. The van der Waals surface area contributed by atoms with Crippen molar-refractivity contribution in [3.8, 4) is 11.8 Å². The van der Waals surface area contributed by atoms with Crippen LogP contribution in [0, 0.1) is 39.0 Å². The number of aromatic amines is 1. The number of aryl methyl sites for hydroxylation is 3. The number of carbonyl (C=O) groups excluding carboxylic acids is 1. The van der Waals surface area contributed by atoms with Crippen LogP contribution in [-0.4, -0.2) is 20.7 Å². The van der Waals surface area contributed by atoms with Gasteiger partial charge < -0.3 is 10.3 Å². The number of nitriles is 1. The molecule has 34 heavy (non-hydrogen) atoms. The van der Waals surface area contributed by atoms with Crippen molar-refractivity contribution in [1.82, 2.24) is 20.1 Å². The summed E-state index contributed by atoms with van der Waals surface area (Å²) in [7, 11) is 0. The number of nitrogens with zero attached hydrogens (tertiary/aromatic N) is 3. The Kier molecular flexibility index (Phi) is 6.96. The van der Waals surface area contributed by atoms with E-state index in [-0.39, 0.29) is 36.2 Å². The van der Waals surface area contributed by atoms with Gasteiger partial charge >= 0.3 is 6.18 Å². The summed E-state index contributed by atoms with van der Waals surface area (Å²) >= 11 is 0. The second-order valence-electron chi connectivity index (χ2n) is 8.12. The molecule has 2 aromatic heterocycles. The molecule has 0 bridgehead atoms. The number of aromatic nitrogens is 3. The van der Waals surface area contributed by atoms with E-state index in [9.17, 15) is 22.8 Å². The van der Waals surface area contributed by atoms with E-state index in [1.165, 1.54) is 16.8 Å². The second-order valence-corrected chi connectivity index (χ2v) is 8.12. The number of rotatable bonds is 6. The average Bonchev–Trinajstić information content (AvgIpc) is 3.09. The molecule has 0 saturated heterocycles. The van der Waals surface area contributed by atoms with Crippen molar-refractivity contribution >= 4 is 5.91 Å². The third-order valence-electron chi connectivity index (χ3n) is 5.65. The molecule has 0 atom stereocenters. The number of alkyl halides is 3. The standard InChI is InChI=1S/C24H24F3N5O2/c1-13-9-14(2)32(31-13)18-6-5-17(21(10-18)24(25,26)27)12-29-22(33)8-7-19-15(3)20(11-28)23(34)30-16(19)4/h5-6,9-10H,7-8,12H2,1-4H3,(H,29,33)(H,30,34). The largest absolute Gasteiger partial charge is 0.416 e. The Balaban J connectivity index is 1.75. The fourth-order valence-corrected chi connectivity index (χ4v) is 3.95. The van der Waals surface area contributed by atoms with Crippen LogP contribution in [-0.2, 0) is 23.9 Å². The molecule has 0 saturated carbocycles. The third kappa shape index (κ3) is 5.20. The molecule has 178 valence electrons. The van der Waals surface area contributed by atoms with Gasteiger partial charge in [-0.25, -0.2) is 4.68 Å². The Morgan fingerprint density at radius 1 is 1.21 bits per heavy atom. The van der Waals surface area contributed by atoms with Gasteiger partial charge in [0.25, 0.3) is 5.56 Å². The van der Waals surface area contributed by atoms with Gasteiger partial charge in [0.05, 0.1) is 16.9 Å². The van der Waals surface area contributed by atoms with E-state index in [1.54, 1.807) is 33.8 Å². The summed E-state index contributed by atoms with van der Waals surface area (Å²) in [6.45, 7) is 6.52. The lowest BCUT2D eigenvalue weighted by molar-refractivity contribution is -0.138. The van der Waals surface area contributed by atoms with E-state index in [4.69, 9.17) is 5.26 Å². The number of hydrogen-bond donors (Lipinski definition) is 2. The summed E-state index contributed by atoms with van der Waals surface area (Å²) in [6.07, 6.45) is -4.38. The predicted molar refractivity (Wildman–Crippen MR) is 119 cm³/mol. The van der Waals surface area contributed by atoms with E-state index >= 15 is 0 Å². The Labute approximate surface area is 194 Å². The van der Waals surface area contributed by atoms with Gasteiger partial charge in [-0.2, -0.15) is 23.5 Å². The lowest BCUT2D eigenvalue weighted by Crippen LogP contribution is -2.25. The molecular weight excluding hydrogens is 447 g/mol. The van der Waals surface area contributed by atoms with Crippen LogP contribution >= 0.6 is 0 Å². The maximum Gasteiger partial charge on any atom is 0.416 e. The Bertz CT molecular complexity index is 1350. The van der Waals surface area contributed by atoms with Gasteiger partial charge in [-0.3, -0.25) is 9.59 Å². The highest BCUT2D eigenvalue weighted by Crippen LogP contribution is 2.33. The lowest BCUT2D eigenvalue weighted by Gasteiger charge is -2.16. The maximum atomic E-state index is 13.7. The molecule has 0 unspecified atom stereocenters. The first kappa shape index (κ1) is 24.8. The van der Waals surface area contributed by atoms with Gasteiger partial charge in [-0.1, -0.05) is 6.07 Å². The highest BCUT2D eigenvalue weighted by atomic mass is 19.4. The molecule has 7 nitrogen and oxygen atoms in total. The summed E-state index contributed by atoms with van der Waals surface area (Å²) in [5, 5.41) is 15.9. The Morgan fingerprint density at radius 3 is 2.50 bits per heavy atom. The molecule has 1 aromatic carbocycles. The smallest absolute Gasteiger partial charge is 0.352 e. The van der Waals surface area contributed by atoms with Crippen molar-refractivity contribution in [3.05, 3.63) is 79.5 Å². The molecule has 0 aliphatic carbocycles. The van der Waals surface area contributed by atoms with Gasteiger partial charge in [0.15, 0.2) is 0 Å².